The van der Waals surface area contributed by atoms with Crippen molar-refractivity contribution in [2.75, 3.05) is 5.75 Å². The first-order chi connectivity index (χ1) is 20.6. The molecule has 0 saturated carbocycles. The quantitative estimate of drug-likeness (QED) is 0.191. The van der Waals surface area contributed by atoms with E-state index in [2.05, 4.69) is 36.0 Å². The highest BCUT2D eigenvalue weighted by Gasteiger charge is 2.29. The molecule has 206 valence electrons. The van der Waals surface area contributed by atoms with Crippen LogP contribution in [0.2, 0.25) is 0 Å². The van der Waals surface area contributed by atoms with Gasteiger partial charge in [-0.25, -0.2) is 34.9 Å². The van der Waals surface area contributed by atoms with Crippen LogP contribution < -0.4 is 0 Å². The molecule has 2 aliphatic rings. The first kappa shape index (κ1) is 23.3. The highest BCUT2D eigenvalue weighted by Crippen LogP contribution is 2.42. The summed E-state index contributed by atoms with van der Waals surface area (Å²) in [6.45, 7) is 3.59. The summed E-state index contributed by atoms with van der Waals surface area (Å²) < 4.78 is 40.4. The Hall–Kier alpha value is -5.44. The fourth-order valence-electron chi connectivity index (χ4n) is 4.68. The van der Waals surface area contributed by atoms with Gasteiger partial charge in [-0.3, -0.25) is 0 Å². The van der Waals surface area contributed by atoms with Crippen LogP contribution in [0.3, 0.4) is 0 Å². The highest BCUT2D eigenvalue weighted by molar-refractivity contribution is 8.08. The lowest BCUT2D eigenvalue weighted by Gasteiger charge is -1.98. The number of hydrogen-bond donors (Lipinski definition) is 0. The number of allylic oxidation sites excluding steroid dienone is 1. The Morgan fingerprint density at radius 2 is 1.02 bits per heavy atom. The molecule has 2 aliphatic heterocycles. The first-order valence-corrected chi connectivity index (χ1v) is 13.6. The fraction of sp³-hybridized carbons (Fsp3) is 0.148. The topological polar surface area (TPSA) is 182 Å². The molecule has 1 atom stereocenters. The van der Waals surface area contributed by atoms with Crippen molar-refractivity contribution in [3.8, 4) is 69.5 Å². The molecule has 16 bridgehead atoms. The molecule has 0 unspecified atom stereocenters. The number of hydrogen-bond acceptors (Lipinski definition) is 15. The predicted octanol–water partition coefficient (Wildman–Crippen LogP) is 6.41. The van der Waals surface area contributed by atoms with E-state index in [4.69, 9.17) is 35.9 Å². The number of oxazole rings is 7. The largest absolute Gasteiger partial charge is 0.444 e. The van der Waals surface area contributed by atoms with E-state index in [1.54, 1.807) is 24.9 Å². The molecule has 0 radical (unpaired) electrons. The summed E-state index contributed by atoms with van der Waals surface area (Å²) >= 11 is 1.63. The lowest BCUT2D eigenvalue weighted by molar-refractivity contribution is 0.464. The van der Waals surface area contributed by atoms with Gasteiger partial charge in [-0.2, -0.15) is 0 Å². The zero-order chi connectivity index (χ0) is 27.9. The molecule has 7 aromatic rings. The minimum Gasteiger partial charge on any atom is -0.444 e. The fourth-order valence-corrected chi connectivity index (χ4v) is 5.78. The van der Waals surface area contributed by atoms with Crippen molar-refractivity contribution in [3.05, 3.63) is 60.5 Å². The van der Waals surface area contributed by atoms with Gasteiger partial charge in [-0.05, 0) is 13.8 Å². The van der Waals surface area contributed by atoms with Crippen LogP contribution in [0.15, 0.2) is 68.3 Å². The normalized spacial score (nSPS) is 15.6. The second-order valence-electron chi connectivity index (χ2n) is 9.52. The number of aromatic nitrogens is 7. The molecule has 42 heavy (non-hydrogen) atoms. The number of nitrogens with zero attached hydrogens (tertiary/aromatic N) is 7. The van der Waals surface area contributed by atoms with Crippen LogP contribution in [0.5, 0.6) is 0 Å². The van der Waals surface area contributed by atoms with Gasteiger partial charge >= 0.3 is 0 Å². The smallest absolute Gasteiger partial charge is 0.249 e. The van der Waals surface area contributed by atoms with E-state index in [1.807, 2.05) is 6.92 Å². The standard InChI is InChI=1S/C27H15N7O7S/c1-10-19-26-32-17(8-39-26)25-31-16(7-38-25)24-30-15(6-37-24)23-29-14(5-36-23)22-28-13(4-35-22)18-3-12(9-42-18)21-33-20(11(2)40-21)27(34-19)41-10/h3-8,12H,9H2,1-2H3/t12-/m0/s1. The second kappa shape index (κ2) is 8.53. The van der Waals surface area contributed by atoms with Gasteiger partial charge in [0.1, 0.15) is 48.5 Å². The van der Waals surface area contributed by atoms with E-state index in [0.717, 1.165) is 10.7 Å². The Balaban J connectivity index is 1.18. The third kappa shape index (κ3) is 3.56. The monoisotopic (exact) mass is 581 g/mol. The van der Waals surface area contributed by atoms with Gasteiger partial charge < -0.3 is 30.9 Å². The first-order valence-electron chi connectivity index (χ1n) is 12.7. The Labute approximate surface area is 237 Å². The molecule has 0 fully saturated rings. The molecule has 14 nitrogen and oxygen atoms in total. The van der Waals surface area contributed by atoms with Gasteiger partial charge in [0.05, 0.1) is 5.92 Å². The number of thioether (sulfide) groups is 1. The summed E-state index contributed by atoms with van der Waals surface area (Å²) in [5, 5.41) is 0. The summed E-state index contributed by atoms with van der Waals surface area (Å²) in [5.41, 5.74) is 3.06. The van der Waals surface area contributed by atoms with Crippen molar-refractivity contribution in [1.82, 2.24) is 34.9 Å². The minimum atomic E-state index is -0.0846. The molecule has 0 saturated heterocycles. The molecular formula is C27H15N7O7S. The van der Waals surface area contributed by atoms with Crippen LogP contribution in [-0.4, -0.2) is 40.6 Å². The Kier molecular flexibility index (Phi) is 4.73. The Morgan fingerprint density at radius 3 is 1.64 bits per heavy atom. The molecule has 0 amide bonds. The predicted molar refractivity (Wildman–Crippen MR) is 142 cm³/mol. The van der Waals surface area contributed by atoms with E-state index in [0.29, 0.717) is 69.1 Å². The average Bonchev–Trinajstić information content (AvgIpc) is 3.81. The minimum absolute atomic E-state index is 0.0846. The lowest BCUT2D eigenvalue weighted by Crippen LogP contribution is -1.94. The van der Waals surface area contributed by atoms with Crippen LogP contribution in [0.1, 0.15) is 29.0 Å². The zero-order valence-corrected chi connectivity index (χ0v) is 22.5. The number of aryl methyl sites for hydroxylation is 2. The SMILES string of the molecule is Cc1oc2nc1-c1nc(co1)-c1nc(co1)-c1nc(co1)-c1nc(co1)-c1nc(co1)C1=C[C@@H](CS1)c1nc-2c(C)o1. The van der Waals surface area contributed by atoms with Crippen molar-refractivity contribution in [1.29, 1.82) is 0 Å². The van der Waals surface area contributed by atoms with Gasteiger partial charge in [0.25, 0.3) is 0 Å². The van der Waals surface area contributed by atoms with Crippen molar-refractivity contribution >= 4 is 16.7 Å². The van der Waals surface area contributed by atoms with E-state index >= 15 is 0 Å². The third-order valence-corrected chi connectivity index (χ3v) is 7.93. The summed E-state index contributed by atoms with van der Waals surface area (Å²) in [4.78, 5) is 32.8. The summed E-state index contributed by atoms with van der Waals surface area (Å²) in [6, 6.07) is 0. The van der Waals surface area contributed by atoms with Gasteiger partial charge in [0.2, 0.25) is 41.2 Å². The maximum atomic E-state index is 6.05. The highest BCUT2D eigenvalue weighted by atomic mass is 32.2. The molecule has 0 aromatic carbocycles. The van der Waals surface area contributed by atoms with Gasteiger partial charge in [0.15, 0.2) is 34.2 Å². The van der Waals surface area contributed by atoms with E-state index in [-0.39, 0.29) is 29.5 Å². The van der Waals surface area contributed by atoms with Crippen molar-refractivity contribution < 1.29 is 30.9 Å². The van der Waals surface area contributed by atoms with Gasteiger partial charge in [-0.1, -0.05) is 6.08 Å². The van der Waals surface area contributed by atoms with Crippen LogP contribution in [0.25, 0.3) is 74.4 Å². The van der Waals surface area contributed by atoms with Crippen LogP contribution in [-0.2, 0) is 0 Å². The summed E-state index contributed by atoms with van der Waals surface area (Å²) in [5.74, 6) is 3.74. The van der Waals surface area contributed by atoms with E-state index in [1.165, 1.54) is 25.1 Å². The van der Waals surface area contributed by atoms with Crippen LogP contribution in [0.4, 0.5) is 0 Å². The average molecular weight is 582 g/mol. The van der Waals surface area contributed by atoms with Gasteiger partial charge in [0, 0.05) is 10.7 Å². The van der Waals surface area contributed by atoms with Crippen molar-refractivity contribution in [3.63, 3.8) is 0 Å². The summed E-state index contributed by atoms with van der Waals surface area (Å²) in [6.07, 6.45) is 9.32. The molecule has 9 heterocycles. The number of rotatable bonds is 0. The van der Waals surface area contributed by atoms with Crippen molar-refractivity contribution in [2.45, 2.75) is 19.8 Å². The Bertz CT molecular complexity index is 2170. The maximum Gasteiger partial charge on any atom is 0.249 e. The van der Waals surface area contributed by atoms with Crippen molar-refractivity contribution in [2.24, 2.45) is 0 Å². The lowest BCUT2D eigenvalue weighted by atomic mass is 10.1. The molecule has 15 heteroatoms. The molecule has 7 aromatic heterocycles. The summed E-state index contributed by atoms with van der Waals surface area (Å²) in [7, 11) is 0. The van der Waals surface area contributed by atoms with Crippen LogP contribution in [0, 0.1) is 13.8 Å². The van der Waals surface area contributed by atoms with E-state index in [9.17, 15) is 0 Å². The zero-order valence-electron chi connectivity index (χ0n) is 21.6. The Morgan fingerprint density at radius 1 is 0.548 bits per heavy atom. The van der Waals surface area contributed by atoms with Crippen LogP contribution >= 0.6 is 11.8 Å². The molecule has 0 N–H and O–H groups in total. The number of fused-ring (bicyclic) bond motifs is 23. The maximum absolute atomic E-state index is 6.05. The molecular weight excluding hydrogens is 566 g/mol. The van der Waals surface area contributed by atoms with E-state index < -0.39 is 0 Å². The van der Waals surface area contributed by atoms with Gasteiger partial charge in [-0.15, -0.1) is 11.8 Å². The second-order valence-corrected chi connectivity index (χ2v) is 10.6. The molecule has 0 aliphatic carbocycles. The molecule has 9 rings (SSSR count). The third-order valence-electron chi connectivity index (χ3n) is 6.75. The molecule has 0 spiro atoms.